The molecule has 0 spiro atoms. The minimum absolute atomic E-state index is 0.326. The molecule has 0 aromatic heterocycles. The largest absolute Gasteiger partial charge is 0.481 e. The third-order valence-corrected chi connectivity index (χ3v) is 3.13. The Morgan fingerprint density at radius 1 is 1.05 bits per heavy atom. The highest BCUT2D eigenvalue weighted by Gasteiger charge is 2.06. The van der Waals surface area contributed by atoms with Gasteiger partial charge in [-0.2, -0.15) is 0 Å². The van der Waals surface area contributed by atoms with E-state index in [1.54, 1.807) is 0 Å². The normalized spacial score (nSPS) is 9.70. The molecule has 0 aliphatic rings. The average Bonchev–Trinajstić information content (AvgIpc) is 2.48. The fraction of sp³-hybridized carbons (Fsp3) is 0.176. The second-order valence-electron chi connectivity index (χ2n) is 4.21. The maximum atomic E-state index is 6.15. The molecule has 0 aliphatic carbocycles. The predicted molar refractivity (Wildman–Crippen MR) is 83.0 cm³/mol. The van der Waals surface area contributed by atoms with Gasteiger partial charge in [-0.15, -0.1) is 0 Å². The Kier molecular flexibility index (Phi) is 5.49. The molecule has 102 valence electrons. The Bertz CT molecular complexity index is 614. The third kappa shape index (κ3) is 4.03. The minimum Gasteiger partial charge on any atom is -0.481 e. The molecule has 2 rings (SSSR count). The van der Waals surface area contributed by atoms with Crippen LogP contribution in [0.15, 0.2) is 48.5 Å². The van der Waals surface area contributed by atoms with E-state index in [2.05, 4.69) is 11.8 Å². The zero-order chi connectivity index (χ0) is 14.2. The van der Waals surface area contributed by atoms with Gasteiger partial charge in [-0.1, -0.05) is 47.7 Å². The Morgan fingerprint density at radius 3 is 2.60 bits per heavy atom. The van der Waals surface area contributed by atoms with Crippen LogP contribution in [0.2, 0.25) is 5.02 Å². The molecule has 2 aromatic carbocycles. The van der Waals surface area contributed by atoms with Crippen LogP contribution in [0.4, 0.5) is 0 Å². The van der Waals surface area contributed by atoms with Crippen LogP contribution < -0.4 is 10.5 Å². The summed E-state index contributed by atoms with van der Waals surface area (Å²) in [6.07, 6.45) is 0.696. The van der Waals surface area contributed by atoms with Crippen LogP contribution in [0.1, 0.15) is 11.1 Å². The molecule has 2 N–H and O–H groups in total. The zero-order valence-corrected chi connectivity index (χ0v) is 11.9. The first kappa shape index (κ1) is 14.5. The van der Waals surface area contributed by atoms with Gasteiger partial charge in [-0.3, -0.25) is 0 Å². The van der Waals surface area contributed by atoms with Crippen molar-refractivity contribution in [3.63, 3.8) is 0 Å². The maximum absolute atomic E-state index is 6.15. The molecule has 0 fully saturated rings. The number of halogens is 1. The van der Waals surface area contributed by atoms with E-state index in [9.17, 15) is 0 Å². The summed E-state index contributed by atoms with van der Waals surface area (Å²) < 4.78 is 5.68. The topological polar surface area (TPSA) is 35.2 Å². The van der Waals surface area contributed by atoms with Gasteiger partial charge >= 0.3 is 0 Å². The Balaban J connectivity index is 2.01. The molecule has 0 saturated carbocycles. The maximum Gasteiger partial charge on any atom is 0.149 e. The molecule has 0 aliphatic heterocycles. The molecular formula is C17H16ClNO. The molecule has 0 bridgehead atoms. The average molecular weight is 286 g/mol. The number of benzene rings is 2. The number of ether oxygens (including phenoxy) is 1. The molecule has 2 nitrogen and oxygen atoms in total. The van der Waals surface area contributed by atoms with Crippen LogP contribution in [0, 0.1) is 11.8 Å². The SMILES string of the molecule is NCCc1c(Cl)cccc1OCC#Cc1ccccc1. The molecule has 0 atom stereocenters. The fourth-order valence-corrected chi connectivity index (χ4v) is 2.09. The van der Waals surface area contributed by atoms with Gasteiger partial charge in [0.1, 0.15) is 12.4 Å². The molecule has 0 saturated heterocycles. The molecule has 2 aromatic rings. The van der Waals surface area contributed by atoms with Crippen molar-refractivity contribution >= 4 is 11.6 Å². The van der Waals surface area contributed by atoms with Gasteiger partial charge in [0.05, 0.1) is 0 Å². The monoisotopic (exact) mass is 285 g/mol. The van der Waals surface area contributed by atoms with Crippen LogP contribution in [0.3, 0.4) is 0 Å². The first-order chi connectivity index (χ1) is 9.81. The fourth-order valence-electron chi connectivity index (χ4n) is 1.83. The highest BCUT2D eigenvalue weighted by Crippen LogP contribution is 2.26. The van der Waals surface area contributed by atoms with Crippen LogP contribution in [0.5, 0.6) is 5.75 Å². The molecule has 20 heavy (non-hydrogen) atoms. The van der Waals surface area contributed by atoms with Gasteiger partial charge in [0, 0.05) is 16.1 Å². The second kappa shape index (κ2) is 7.59. The summed E-state index contributed by atoms with van der Waals surface area (Å²) in [5, 5.41) is 0.684. The van der Waals surface area contributed by atoms with Gasteiger partial charge in [-0.25, -0.2) is 0 Å². The molecule has 3 heteroatoms. The second-order valence-corrected chi connectivity index (χ2v) is 4.62. The van der Waals surface area contributed by atoms with Crippen LogP contribution in [-0.2, 0) is 6.42 Å². The van der Waals surface area contributed by atoms with Gasteiger partial charge in [-0.05, 0) is 37.2 Å². The summed E-state index contributed by atoms with van der Waals surface area (Å²) in [7, 11) is 0. The lowest BCUT2D eigenvalue weighted by Crippen LogP contribution is -2.06. The van der Waals surface area contributed by atoms with E-state index in [0.29, 0.717) is 24.6 Å². The summed E-state index contributed by atoms with van der Waals surface area (Å²) in [5.74, 6) is 6.80. The van der Waals surface area contributed by atoms with Gasteiger partial charge < -0.3 is 10.5 Å². The Labute approximate surface area is 124 Å². The van der Waals surface area contributed by atoms with Gasteiger partial charge in [0.25, 0.3) is 0 Å². The molecule has 0 amide bonds. The molecule has 0 radical (unpaired) electrons. The van der Waals surface area contributed by atoms with Crippen LogP contribution in [0.25, 0.3) is 0 Å². The predicted octanol–water partition coefficient (Wildman–Crippen LogP) is 3.27. The lowest BCUT2D eigenvalue weighted by Gasteiger charge is -2.10. The lowest BCUT2D eigenvalue weighted by atomic mass is 10.1. The van der Waals surface area contributed by atoms with Crippen LogP contribution >= 0.6 is 11.6 Å². The standard InChI is InChI=1S/C17H16ClNO/c18-16-9-4-10-17(15(16)11-12-19)20-13-5-8-14-6-2-1-3-7-14/h1-4,6-7,9-10H,11-13,19H2. The summed E-state index contributed by atoms with van der Waals surface area (Å²) in [5.41, 5.74) is 7.51. The number of rotatable bonds is 4. The Hall–Kier alpha value is -1.95. The van der Waals surface area contributed by atoms with Crippen LogP contribution in [-0.4, -0.2) is 13.2 Å². The Morgan fingerprint density at radius 2 is 1.85 bits per heavy atom. The molecule has 0 heterocycles. The molecule has 0 unspecified atom stereocenters. The van der Waals surface area contributed by atoms with Crippen molar-refractivity contribution in [2.24, 2.45) is 5.73 Å². The van der Waals surface area contributed by atoms with E-state index in [0.717, 1.165) is 16.9 Å². The highest BCUT2D eigenvalue weighted by atomic mass is 35.5. The van der Waals surface area contributed by atoms with E-state index in [1.807, 2.05) is 48.5 Å². The van der Waals surface area contributed by atoms with E-state index in [-0.39, 0.29) is 0 Å². The van der Waals surface area contributed by atoms with Crippen molar-refractivity contribution in [3.8, 4) is 17.6 Å². The smallest absolute Gasteiger partial charge is 0.149 e. The minimum atomic E-state index is 0.326. The number of hydrogen-bond donors (Lipinski definition) is 1. The third-order valence-electron chi connectivity index (χ3n) is 2.78. The summed E-state index contributed by atoms with van der Waals surface area (Å²) in [6.45, 7) is 0.864. The van der Waals surface area contributed by atoms with E-state index >= 15 is 0 Å². The van der Waals surface area contributed by atoms with E-state index in [4.69, 9.17) is 22.1 Å². The van der Waals surface area contributed by atoms with Crippen molar-refractivity contribution in [1.29, 1.82) is 0 Å². The van der Waals surface area contributed by atoms with E-state index < -0.39 is 0 Å². The zero-order valence-electron chi connectivity index (χ0n) is 11.1. The molecular weight excluding hydrogens is 270 g/mol. The lowest BCUT2D eigenvalue weighted by molar-refractivity contribution is 0.366. The van der Waals surface area contributed by atoms with Crippen molar-refractivity contribution < 1.29 is 4.74 Å². The quantitative estimate of drug-likeness (QED) is 0.875. The summed E-state index contributed by atoms with van der Waals surface area (Å²) in [4.78, 5) is 0. The first-order valence-corrected chi connectivity index (χ1v) is 6.83. The van der Waals surface area contributed by atoms with Crippen molar-refractivity contribution in [2.75, 3.05) is 13.2 Å². The van der Waals surface area contributed by atoms with Crippen molar-refractivity contribution in [3.05, 3.63) is 64.7 Å². The van der Waals surface area contributed by atoms with Crippen molar-refractivity contribution in [1.82, 2.24) is 0 Å². The highest BCUT2D eigenvalue weighted by molar-refractivity contribution is 6.31. The van der Waals surface area contributed by atoms with Crippen molar-refractivity contribution in [2.45, 2.75) is 6.42 Å². The summed E-state index contributed by atoms with van der Waals surface area (Å²) >= 11 is 6.15. The van der Waals surface area contributed by atoms with Gasteiger partial charge in [0.15, 0.2) is 0 Å². The van der Waals surface area contributed by atoms with E-state index in [1.165, 1.54) is 0 Å². The number of nitrogens with two attached hydrogens (primary N) is 1. The first-order valence-electron chi connectivity index (χ1n) is 6.45. The van der Waals surface area contributed by atoms with Gasteiger partial charge in [0.2, 0.25) is 0 Å². The number of hydrogen-bond acceptors (Lipinski definition) is 2. The summed E-state index contributed by atoms with van der Waals surface area (Å²) in [6, 6.07) is 15.4.